The summed E-state index contributed by atoms with van der Waals surface area (Å²) in [6.45, 7) is 2.34. The number of halogens is 1. The monoisotopic (exact) mass is 288 g/mol. The highest BCUT2D eigenvalue weighted by Gasteiger charge is 2.13. The third kappa shape index (κ3) is 2.12. The number of fused-ring (bicyclic) bond motifs is 3. The summed E-state index contributed by atoms with van der Waals surface area (Å²) in [6, 6.07) is 7.56. The van der Waals surface area contributed by atoms with E-state index in [1.54, 1.807) is 19.3 Å². The Labute approximate surface area is 120 Å². The molecule has 2 heterocycles. The summed E-state index contributed by atoms with van der Waals surface area (Å²) >= 11 is 6.07. The lowest BCUT2D eigenvalue weighted by molar-refractivity contribution is -0.143. The van der Waals surface area contributed by atoms with E-state index in [-0.39, 0.29) is 12.5 Å². The van der Waals surface area contributed by atoms with Crippen LogP contribution in [0.2, 0.25) is 5.02 Å². The number of rotatable bonds is 3. The van der Waals surface area contributed by atoms with E-state index in [0.29, 0.717) is 11.6 Å². The molecular weight excluding hydrogens is 276 g/mol. The van der Waals surface area contributed by atoms with Crippen molar-refractivity contribution >= 4 is 39.4 Å². The molecule has 0 amide bonds. The van der Waals surface area contributed by atoms with Crippen molar-refractivity contribution in [3.8, 4) is 0 Å². The van der Waals surface area contributed by atoms with E-state index in [9.17, 15) is 4.79 Å². The van der Waals surface area contributed by atoms with Crippen LogP contribution in [0.25, 0.3) is 21.8 Å². The van der Waals surface area contributed by atoms with Crippen LogP contribution in [0.4, 0.5) is 0 Å². The summed E-state index contributed by atoms with van der Waals surface area (Å²) in [5, 5.41) is 2.71. The molecule has 0 bridgehead atoms. The van der Waals surface area contributed by atoms with Gasteiger partial charge in [-0.15, -0.1) is 0 Å². The predicted octanol–water partition coefficient (Wildman–Crippen LogP) is 3.41. The molecule has 0 spiro atoms. The van der Waals surface area contributed by atoms with E-state index in [2.05, 4.69) is 4.98 Å². The third-order valence-corrected chi connectivity index (χ3v) is 3.46. The maximum Gasteiger partial charge on any atom is 0.325 e. The van der Waals surface area contributed by atoms with Gasteiger partial charge in [0.25, 0.3) is 0 Å². The highest BCUT2D eigenvalue weighted by molar-refractivity contribution is 6.31. The third-order valence-electron chi connectivity index (χ3n) is 3.22. The van der Waals surface area contributed by atoms with Crippen LogP contribution in [0.1, 0.15) is 6.92 Å². The van der Waals surface area contributed by atoms with Crippen LogP contribution in [-0.2, 0) is 16.1 Å². The summed E-state index contributed by atoms with van der Waals surface area (Å²) in [6.07, 6.45) is 3.49. The molecule has 102 valence electrons. The molecule has 0 atom stereocenters. The van der Waals surface area contributed by atoms with Crippen LogP contribution < -0.4 is 0 Å². The minimum absolute atomic E-state index is 0.168. The van der Waals surface area contributed by atoms with Crippen LogP contribution in [0, 0.1) is 0 Å². The molecule has 5 heteroatoms. The van der Waals surface area contributed by atoms with E-state index in [1.165, 1.54) is 0 Å². The molecule has 0 N–H and O–H groups in total. The summed E-state index contributed by atoms with van der Waals surface area (Å²) in [4.78, 5) is 15.9. The fourth-order valence-corrected chi connectivity index (χ4v) is 2.60. The van der Waals surface area contributed by atoms with E-state index in [0.717, 1.165) is 21.8 Å². The Balaban J connectivity index is 2.24. The number of aromatic nitrogens is 2. The van der Waals surface area contributed by atoms with Crippen molar-refractivity contribution in [3.05, 3.63) is 41.7 Å². The Morgan fingerprint density at radius 1 is 1.30 bits per heavy atom. The first-order valence-corrected chi connectivity index (χ1v) is 6.75. The van der Waals surface area contributed by atoms with Gasteiger partial charge in [-0.3, -0.25) is 9.78 Å². The van der Waals surface area contributed by atoms with E-state index in [4.69, 9.17) is 16.3 Å². The quantitative estimate of drug-likeness (QED) is 0.694. The van der Waals surface area contributed by atoms with Gasteiger partial charge in [-0.1, -0.05) is 11.6 Å². The zero-order valence-corrected chi connectivity index (χ0v) is 11.7. The van der Waals surface area contributed by atoms with Crippen LogP contribution in [0.15, 0.2) is 36.7 Å². The summed E-state index contributed by atoms with van der Waals surface area (Å²) in [5.74, 6) is -0.259. The van der Waals surface area contributed by atoms with Gasteiger partial charge in [0.1, 0.15) is 6.54 Å². The van der Waals surface area contributed by atoms with Crippen LogP contribution in [-0.4, -0.2) is 22.1 Å². The largest absolute Gasteiger partial charge is 0.465 e. The minimum atomic E-state index is -0.259. The minimum Gasteiger partial charge on any atom is -0.465 e. The standard InChI is InChI=1S/C15H13ClN2O2/c1-2-20-15(19)9-18-13-4-3-10(16)7-12(13)11-5-6-17-8-14(11)18/h3-8H,2,9H2,1H3. The SMILES string of the molecule is CCOC(=O)Cn1c2ccc(Cl)cc2c2ccncc21. The Hall–Kier alpha value is -2.07. The Bertz CT molecular complexity index is 795. The first-order valence-electron chi connectivity index (χ1n) is 6.38. The number of ether oxygens (including phenoxy) is 1. The maximum absolute atomic E-state index is 11.8. The van der Waals surface area contributed by atoms with Crippen molar-refractivity contribution < 1.29 is 9.53 Å². The Morgan fingerprint density at radius 3 is 2.95 bits per heavy atom. The second kappa shape index (κ2) is 5.13. The number of hydrogen-bond donors (Lipinski definition) is 0. The fourth-order valence-electron chi connectivity index (χ4n) is 2.42. The van der Waals surface area contributed by atoms with Crippen molar-refractivity contribution in [2.75, 3.05) is 6.61 Å². The zero-order valence-electron chi connectivity index (χ0n) is 11.0. The normalized spacial score (nSPS) is 11.1. The van der Waals surface area contributed by atoms with Gasteiger partial charge in [0.15, 0.2) is 0 Å². The van der Waals surface area contributed by atoms with Gasteiger partial charge in [-0.05, 0) is 31.2 Å². The van der Waals surface area contributed by atoms with E-state index >= 15 is 0 Å². The number of esters is 1. The van der Waals surface area contributed by atoms with Gasteiger partial charge < -0.3 is 9.30 Å². The molecule has 20 heavy (non-hydrogen) atoms. The molecule has 0 fully saturated rings. The number of carbonyl (C=O) groups excluding carboxylic acids is 1. The molecule has 0 aliphatic carbocycles. The number of benzene rings is 1. The van der Waals surface area contributed by atoms with E-state index < -0.39 is 0 Å². The van der Waals surface area contributed by atoms with Crippen molar-refractivity contribution in [1.29, 1.82) is 0 Å². The van der Waals surface area contributed by atoms with Crippen molar-refractivity contribution in [3.63, 3.8) is 0 Å². The second-order valence-corrected chi connectivity index (χ2v) is 4.88. The topological polar surface area (TPSA) is 44.1 Å². The average molecular weight is 289 g/mol. The number of nitrogens with zero attached hydrogens (tertiary/aromatic N) is 2. The molecule has 2 aromatic heterocycles. The summed E-state index contributed by atoms with van der Waals surface area (Å²) in [5.41, 5.74) is 1.85. The molecule has 1 aromatic carbocycles. The summed E-state index contributed by atoms with van der Waals surface area (Å²) < 4.78 is 6.94. The Kier molecular flexibility index (Phi) is 3.32. The van der Waals surface area contributed by atoms with Gasteiger partial charge in [-0.25, -0.2) is 0 Å². The summed E-state index contributed by atoms with van der Waals surface area (Å²) in [7, 11) is 0. The van der Waals surface area contributed by atoms with Gasteiger partial charge in [0, 0.05) is 27.5 Å². The Morgan fingerprint density at radius 2 is 2.15 bits per heavy atom. The first-order chi connectivity index (χ1) is 9.70. The second-order valence-electron chi connectivity index (χ2n) is 4.45. The lowest BCUT2D eigenvalue weighted by atomic mass is 10.2. The van der Waals surface area contributed by atoms with Crippen LogP contribution >= 0.6 is 11.6 Å². The van der Waals surface area contributed by atoms with Crippen LogP contribution in [0.5, 0.6) is 0 Å². The molecule has 3 aromatic rings. The molecule has 0 unspecified atom stereocenters. The van der Waals surface area contributed by atoms with Gasteiger partial charge in [0.2, 0.25) is 0 Å². The van der Waals surface area contributed by atoms with E-state index in [1.807, 2.05) is 28.8 Å². The average Bonchev–Trinajstić information content (AvgIpc) is 2.74. The lowest BCUT2D eigenvalue weighted by Gasteiger charge is -2.06. The molecular formula is C15H13ClN2O2. The van der Waals surface area contributed by atoms with Gasteiger partial charge in [0.05, 0.1) is 18.3 Å². The highest BCUT2D eigenvalue weighted by Crippen LogP contribution is 2.30. The predicted molar refractivity (Wildman–Crippen MR) is 78.9 cm³/mol. The molecule has 0 aliphatic rings. The molecule has 0 aliphatic heterocycles. The molecule has 3 rings (SSSR count). The lowest BCUT2D eigenvalue weighted by Crippen LogP contribution is -2.13. The zero-order chi connectivity index (χ0) is 14.1. The fraction of sp³-hybridized carbons (Fsp3) is 0.200. The number of pyridine rings is 1. The highest BCUT2D eigenvalue weighted by atomic mass is 35.5. The van der Waals surface area contributed by atoms with Crippen molar-refractivity contribution in [1.82, 2.24) is 9.55 Å². The molecule has 0 radical (unpaired) electrons. The maximum atomic E-state index is 11.8. The molecule has 0 saturated carbocycles. The number of carbonyl (C=O) groups is 1. The molecule has 0 saturated heterocycles. The van der Waals surface area contributed by atoms with Gasteiger partial charge >= 0.3 is 5.97 Å². The van der Waals surface area contributed by atoms with Crippen molar-refractivity contribution in [2.45, 2.75) is 13.5 Å². The molecule has 4 nitrogen and oxygen atoms in total. The van der Waals surface area contributed by atoms with Crippen molar-refractivity contribution in [2.24, 2.45) is 0 Å². The smallest absolute Gasteiger partial charge is 0.325 e. The van der Waals surface area contributed by atoms with Gasteiger partial charge in [-0.2, -0.15) is 0 Å². The first kappa shape index (κ1) is 12.9. The van der Waals surface area contributed by atoms with Crippen LogP contribution in [0.3, 0.4) is 0 Å². The number of hydrogen-bond acceptors (Lipinski definition) is 3.